The highest BCUT2D eigenvalue weighted by Crippen LogP contribution is 2.28. The minimum absolute atomic E-state index is 0.104. The maximum Gasteiger partial charge on any atom is 0.255 e. The number of nitrogens with one attached hydrogen (secondary N) is 1. The van der Waals surface area contributed by atoms with Gasteiger partial charge in [0.2, 0.25) is 0 Å². The number of ether oxygens (including phenoxy) is 1. The van der Waals surface area contributed by atoms with Gasteiger partial charge in [-0.05, 0) is 38.5 Å². The average Bonchev–Trinajstić information content (AvgIpc) is 2.95. The molecular weight excluding hydrogens is 284 g/mol. The molecule has 1 heterocycles. The Kier molecular flexibility index (Phi) is 5.31. The van der Waals surface area contributed by atoms with Crippen LogP contribution in [0.2, 0.25) is 0 Å². The number of benzene rings is 1. The molecule has 2 aromatic rings. The summed E-state index contributed by atoms with van der Waals surface area (Å²) >= 11 is 1.56. The third-order valence-corrected chi connectivity index (χ3v) is 3.83. The van der Waals surface area contributed by atoms with Crippen LogP contribution >= 0.6 is 11.8 Å². The number of hydrogen-bond donors (Lipinski definition) is 1. The summed E-state index contributed by atoms with van der Waals surface area (Å²) in [4.78, 5) is 4.12. The lowest BCUT2D eigenvalue weighted by molar-refractivity contribution is 0.409. The van der Waals surface area contributed by atoms with Gasteiger partial charge in [-0.3, -0.25) is 0 Å². The van der Waals surface area contributed by atoms with Gasteiger partial charge in [0, 0.05) is 23.4 Å². The summed E-state index contributed by atoms with van der Waals surface area (Å²) in [6.07, 6.45) is 3.24. The Morgan fingerprint density at radius 3 is 2.76 bits per heavy atom. The van der Waals surface area contributed by atoms with Crippen molar-refractivity contribution in [2.24, 2.45) is 0 Å². The molecule has 0 spiro atoms. The second-order valence-electron chi connectivity index (χ2n) is 5.84. The Bertz CT molecular complexity index is 562. The number of nitrogens with zero attached hydrogens (tertiary/aromatic N) is 1. The van der Waals surface area contributed by atoms with Gasteiger partial charge in [0.1, 0.15) is 12.0 Å². The number of rotatable bonds is 6. The molecule has 0 radical (unpaired) electrons. The Balaban J connectivity index is 2.06. The van der Waals surface area contributed by atoms with Crippen molar-refractivity contribution in [3.63, 3.8) is 0 Å². The molecule has 0 fully saturated rings. The molecule has 0 aliphatic rings. The van der Waals surface area contributed by atoms with Crippen LogP contribution in [0, 0.1) is 0 Å². The molecular formula is C16H22N2O2S. The predicted octanol–water partition coefficient (Wildman–Crippen LogP) is 3.86. The predicted molar refractivity (Wildman–Crippen MR) is 85.7 cm³/mol. The molecule has 5 heteroatoms. The second-order valence-corrected chi connectivity index (χ2v) is 6.76. The van der Waals surface area contributed by atoms with Gasteiger partial charge in [-0.1, -0.05) is 17.8 Å². The lowest BCUT2D eigenvalue weighted by atomic mass is 10.1. The zero-order chi connectivity index (χ0) is 15.3. The van der Waals surface area contributed by atoms with Gasteiger partial charge >= 0.3 is 0 Å². The van der Waals surface area contributed by atoms with E-state index in [1.165, 1.54) is 5.56 Å². The monoisotopic (exact) mass is 306 g/mol. The summed E-state index contributed by atoms with van der Waals surface area (Å²) < 4.78 is 10.7. The van der Waals surface area contributed by atoms with Gasteiger partial charge in [0.05, 0.1) is 13.3 Å². The third kappa shape index (κ3) is 5.10. The summed E-state index contributed by atoms with van der Waals surface area (Å²) in [5.41, 5.74) is 2.50. The van der Waals surface area contributed by atoms with Gasteiger partial charge in [-0.25, -0.2) is 4.98 Å². The maximum atomic E-state index is 5.43. The molecule has 0 amide bonds. The minimum atomic E-state index is 0.104. The van der Waals surface area contributed by atoms with Crippen molar-refractivity contribution < 1.29 is 9.15 Å². The van der Waals surface area contributed by atoms with E-state index in [-0.39, 0.29) is 5.54 Å². The first-order valence-electron chi connectivity index (χ1n) is 6.91. The summed E-state index contributed by atoms with van der Waals surface area (Å²) in [6.45, 7) is 7.33. The fourth-order valence-electron chi connectivity index (χ4n) is 1.84. The molecule has 114 valence electrons. The van der Waals surface area contributed by atoms with E-state index in [1.54, 1.807) is 31.3 Å². The van der Waals surface area contributed by atoms with Gasteiger partial charge in [0.15, 0.2) is 0 Å². The Morgan fingerprint density at radius 2 is 2.14 bits per heavy atom. The first kappa shape index (κ1) is 15.9. The SMILES string of the molecule is COc1ccc(CNC(C)(C)C)cc1CSc1ncco1. The van der Waals surface area contributed by atoms with Crippen LogP contribution in [-0.4, -0.2) is 17.6 Å². The molecule has 1 aromatic carbocycles. The van der Waals surface area contributed by atoms with Crippen molar-refractivity contribution in [3.8, 4) is 5.75 Å². The highest BCUT2D eigenvalue weighted by atomic mass is 32.2. The average molecular weight is 306 g/mol. The van der Waals surface area contributed by atoms with Crippen LogP contribution < -0.4 is 10.1 Å². The molecule has 0 aliphatic heterocycles. The summed E-state index contributed by atoms with van der Waals surface area (Å²) in [7, 11) is 1.70. The number of thioether (sulfide) groups is 1. The summed E-state index contributed by atoms with van der Waals surface area (Å²) in [5, 5.41) is 4.17. The van der Waals surface area contributed by atoms with E-state index in [1.807, 2.05) is 6.07 Å². The van der Waals surface area contributed by atoms with Gasteiger partial charge in [0.25, 0.3) is 5.22 Å². The molecule has 1 aromatic heterocycles. The van der Waals surface area contributed by atoms with Crippen molar-refractivity contribution in [1.82, 2.24) is 10.3 Å². The zero-order valence-electron chi connectivity index (χ0n) is 13.0. The van der Waals surface area contributed by atoms with Crippen LogP contribution in [-0.2, 0) is 12.3 Å². The van der Waals surface area contributed by atoms with E-state index in [9.17, 15) is 0 Å². The zero-order valence-corrected chi connectivity index (χ0v) is 13.8. The van der Waals surface area contributed by atoms with Gasteiger partial charge < -0.3 is 14.5 Å². The molecule has 0 unspecified atom stereocenters. The Hall–Kier alpha value is -1.46. The van der Waals surface area contributed by atoms with E-state index in [4.69, 9.17) is 9.15 Å². The lowest BCUT2D eigenvalue weighted by Gasteiger charge is -2.21. The number of aromatic nitrogens is 1. The molecule has 2 rings (SSSR count). The quantitative estimate of drug-likeness (QED) is 0.821. The molecule has 0 saturated carbocycles. The van der Waals surface area contributed by atoms with Crippen molar-refractivity contribution in [1.29, 1.82) is 0 Å². The van der Waals surface area contributed by atoms with Gasteiger partial charge in [-0.2, -0.15) is 0 Å². The normalized spacial score (nSPS) is 11.6. The lowest BCUT2D eigenvalue weighted by Crippen LogP contribution is -2.35. The first-order valence-corrected chi connectivity index (χ1v) is 7.89. The maximum absolute atomic E-state index is 5.43. The number of hydrogen-bond acceptors (Lipinski definition) is 5. The Morgan fingerprint density at radius 1 is 1.33 bits per heavy atom. The van der Waals surface area contributed by atoms with E-state index >= 15 is 0 Å². The first-order chi connectivity index (χ1) is 9.98. The van der Waals surface area contributed by atoms with Crippen LogP contribution in [0.25, 0.3) is 0 Å². The van der Waals surface area contributed by atoms with Crippen molar-refractivity contribution >= 4 is 11.8 Å². The van der Waals surface area contributed by atoms with Crippen LogP contribution in [0.5, 0.6) is 5.75 Å². The number of oxazole rings is 1. The Labute approximate surface area is 130 Å². The largest absolute Gasteiger partial charge is 0.496 e. The highest BCUT2D eigenvalue weighted by Gasteiger charge is 2.11. The van der Waals surface area contributed by atoms with Crippen molar-refractivity contribution in [3.05, 3.63) is 41.8 Å². The number of methoxy groups -OCH3 is 1. The molecule has 0 saturated heterocycles. The van der Waals surface area contributed by atoms with Crippen molar-refractivity contribution in [2.45, 2.75) is 43.8 Å². The van der Waals surface area contributed by atoms with Crippen LogP contribution in [0.4, 0.5) is 0 Å². The van der Waals surface area contributed by atoms with E-state index < -0.39 is 0 Å². The fraction of sp³-hybridized carbons (Fsp3) is 0.438. The van der Waals surface area contributed by atoms with Crippen molar-refractivity contribution in [2.75, 3.05) is 7.11 Å². The van der Waals surface area contributed by atoms with Crippen LogP contribution in [0.3, 0.4) is 0 Å². The molecule has 0 aliphatic carbocycles. The van der Waals surface area contributed by atoms with Crippen LogP contribution in [0.1, 0.15) is 31.9 Å². The minimum Gasteiger partial charge on any atom is -0.496 e. The van der Waals surface area contributed by atoms with Crippen LogP contribution in [0.15, 0.2) is 40.3 Å². The highest BCUT2D eigenvalue weighted by molar-refractivity contribution is 7.98. The van der Waals surface area contributed by atoms with E-state index in [0.29, 0.717) is 5.22 Å². The molecule has 0 atom stereocenters. The molecule has 1 N–H and O–H groups in total. The smallest absolute Gasteiger partial charge is 0.255 e. The molecule has 4 nitrogen and oxygen atoms in total. The molecule has 21 heavy (non-hydrogen) atoms. The van der Waals surface area contributed by atoms with E-state index in [0.717, 1.165) is 23.6 Å². The van der Waals surface area contributed by atoms with Gasteiger partial charge in [-0.15, -0.1) is 0 Å². The third-order valence-electron chi connectivity index (χ3n) is 2.93. The summed E-state index contributed by atoms with van der Waals surface area (Å²) in [6, 6.07) is 6.29. The second kappa shape index (κ2) is 7.00. The fourth-order valence-corrected chi connectivity index (χ4v) is 2.61. The molecule has 0 bridgehead atoms. The summed E-state index contributed by atoms with van der Waals surface area (Å²) in [5.74, 6) is 1.67. The topological polar surface area (TPSA) is 47.3 Å². The van der Waals surface area contributed by atoms with E-state index in [2.05, 4.69) is 43.2 Å². The standard InChI is InChI=1S/C16H22N2O2S/c1-16(2,3)18-10-12-5-6-14(19-4)13(9-12)11-21-15-17-7-8-20-15/h5-9,18H,10-11H2,1-4H3.